The molecule has 0 atom stereocenters. The zero-order valence-corrected chi connectivity index (χ0v) is 23.4. The van der Waals surface area contributed by atoms with Gasteiger partial charge in [0, 0.05) is 31.0 Å². The molecule has 0 unspecified atom stereocenters. The first-order valence-corrected chi connectivity index (χ1v) is 13.4. The molecule has 0 radical (unpaired) electrons. The van der Waals surface area contributed by atoms with E-state index in [1.807, 2.05) is 18.2 Å². The molecule has 10 nitrogen and oxygen atoms in total. The fraction of sp³-hybridized carbons (Fsp3) is 0.207. The second-order valence-electron chi connectivity index (χ2n) is 9.21. The molecule has 1 aliphatic rings. The van der Waals surface area contributed by atoms with Crippen LogP contribution in [0.1, 0.15) is 5.56 Å². The SMILES string of the molecule is O=C(Nc1cnn(-c2cccc(CNc3ccc(N4CCOCC4)cc3)c2)c1)Nc1ccccc1Cl.O=C(O)C(F)(F)F. The number of hydrogen-bond acceptors (Lipinski definition) is 6. The molecule has 0 saturated carbocycles. The number of hydrogen-bond donors (Lipinski definition) is 4. The van der Waals surface area contributed by atoms with Crippen LogP contribution in [0.4, 0.5) is 40.7 Å². The van der Waals surface area contributed by atoms with E-state index in [4.69, 9.17) is 26.2 Å². The third-order valence-corrected chi connectivity index (χ3v) is 6.45. The van der Waals surface area contributed by atoms with Crippen molar-refractivity contribution in [1.82, 2.24) is 9.78 Å². The Bertz CT molecular complexity index is 1530. The molecule has 226 valence electrons. The molecular formula is C29H28ClF3N6O4. The van der Waals surface area contributed by atoms with Crippen molar-refractivity contribution in [2.45, 2.75) is 12.7 Å². The number of carbonyl (C=O) groups is 2. The first-order valence-electron chi connectivity index (χ1n) is 13.0. The number of nitrogens with one attached hydrogen (secondary N) is 3. The van der Waals surface area contributed by atoms with Gasteiger partial charge in [0.25, 0.3) is 0 Å². The summed E-state index contributed by atoms with van der Waals surface area (Å²) in [6, 6.07) is 23.3. The van der Waals surface area contributed by atoms with E-state index in [0.717, 1.165) is 43.2 Å². The Morgan fingerprint density at radius 3 is 2.30 bits per heavy atom. The van der Waals surface area contributed by atoms with Gasteiger partial charge in [-0.05, 0) is 54.1 Å². The minimum absolute atomic E-state index is 0.389. The lowest BCUT2D eigenvalue weighted by Gasteiger charge is -2.28. The van der Waals surface area contributed by atoms with Crippen molar-refractivity contribution < 1.29 is 32.6 Å². The van der Waals surface area contributed by atoms with Crippen LogP contribution in [-0.2, 0) is 16.1 Å². The summed E-state index contributed by atoms with van der Waals surface area (Å²) in [6.45, 7) is 4.09. The van der Waals surface area contributed by atoms with Gasteiger partial charge in [0.05, 0.1) is 47.7 Å². The largest absolute Gasteiger partial charge is 0.490 e. The van der Waals surface area contributed by atoms with Crippen LogP contribution in [0.25, 0.3) is 5.69 Å². The first-order chi connectivity index (χ1) is 20.6. The summed E-state index contributed by atoms with van der Waals surface area (Å²) in [5, 5.41) is 21.0. The molecule has 1 saturated heterocycles. The lowest BCUT2D eigenvalue weighted by Crippen LogP contribution is -2.36. The average Bonchev–Trinajstić information content (AvgIpc) is 3.46. The molecule has 2 amide bonds. The number of amides is 2. The molecule has 1 aliphatic heterocycles. The zero-order chi connectivity index (χ0) is 30.8. The van der Waals surface area contributed by atoms with Crippen molar-refractivity contribution in [3.05, 3.63) is 95.8 Å². The van der Waals surface area contributed by atoms with Gasteiger partial charge in [-0.25, -0.2) is 14.3 Å². The second kappa shape index (κ2) is 14.4. The molecule has 0 bridgehead atoms. The summed E-state index contributed by atoms with van der Waals surface area (Å²) in [6.07, 6.45) is -1.71. The number of ether oxygens (including phenoxy) is 1. The average molecular weight is 617 g/mol. The normalized spacial score (nSPS) is 13.0. The monoisotopic (exact) mass is 616 g/mol. The number of para-hydroxylation sites is 1. The number of aromatic nitrogens is 2. The van der Waals surface area contributed by atoms with Gasteiger partial charge in [-0.1, -0.05) is 35.9 Å². The number of benzene rings is 3. The first kappa shape index (κ1) is 31.2. The van der Waals surface area contributed by atoms with Gasteiger partial charge < -0.3 is 30.7 Å². The zero-order valence-electron chi connectivity index (χ0n) is 22.6. The number of aliphatic carboxylic acids is 1. The van der Waals surface area contributed by atoms with Gasteiger partial charge in [0.1, 0.15) is 0 Å². The van der Waals surface area contributed by atoms with E-state index in [1.165, 1.54) is 5.69 Å². The van der Waals surface area contributed by atoms with Gasteiger partial charge in [0.2, 0.25) is 0 Å². The molecule has 14 heteroatoms. The highest BCUT2D eigenvalue weighted by molar-refractivity contribution is 6.33. The molecule has 4 aromatic rings. The number of nitrogens with zero attached hydrogens (tertiary/aromatic N) is 3. The molecule has 1 aromatic heterocycles. The second-order valence-corrected chi connectivity index (χ2v) is 9.61. The van der Waals surface area contributed by atoms with Gasteiger partial charge in [-0.3, -0.25) is 0 Å². The number of carboxylic acids is 1. The molecule has 4 N–H and O–H groups in total. The molecule has 1 fully saturated rings. The van der Waals surface area contributed by atoms with Crippen LogP contribution in [-0.4, -0.2) is 59.4 Å². The van der Waals surface area contributed by atoms with Crippen molar-refractivity contribution in [3.63, 3.8) is 0 Å². The molecule has 0 aliphatic carbocycles. The van der Waals surface area contributed by atoms with Gasteiger partial charge in [0.15, 0.2) is 0 Å². The quantitative estimate of drug-likeness (QED) is 0.194. The van der Waals surface area contributed by atoms with Crippen molar-refractivity contribution in [3.8, 4) is 5.69 Å². The standard InChI is InChI=1S/C27H27ClN6O2.C2HF3O2/c28-25-6-1-2-7-26(25)32-27(35)31-22-18-30-34(19-22)24-5-3-4-20(16-24)17-29-21-8-10-23(11-9-21)33-12-14-36-15-13-33;3-2(4,5)1(6)7/h1-11,16,18-19,29H,12-15,17H2,(H2,31,32,35);(H,6,7). The van der Waals surface area contributed by atoms with Crippen LogP contribution in [0.5, 0.6) is 0 Å². The van der Waals surface area contributed by atoms with Crippen LogP contribution in [0, 0.1) is 0 Å². The lowest BCUT2D eigenvalue weighted by atomic mass is 10.2. The number of urea groups is 1. The number of halogens is 4. The smallest absolute Gasteiger partial charge is 0.475 e. The van der Waals surface area contributed by atoms with Crippen molar-refractivity contribution in [2.75, 3.05) is 47.2 Å². The summed E-state index contributed by atoms with van der Waals surface area (Å²) in [5.41, 5.74) is 5.41. The highest BCUT2D eigenvalue weighted by Crippen LogP contribution is 2.22. The fourth-order valence-electron chi connectivity index (χ4n) is 4.00. The summed E-state index contributed by atoms with van der Waals surface area (Å²) in [7, 11) is 0. The molecule has 43 heavy (non-hydrogen) atoms. The molecule has 5 rings (SSSR count). The Balaban J connectivity index is 0.000000541. The van der Waals surface area contributed by atoms with E-state index in [-0.39, 0.29) is 6.03 Å². The fourth-order valence-corrected chi connectivity index (χ4v) is 4.18. The highest BCUT2D eigenvalue weighted by atomic mass is 35.5. The number of carboxylic acid groups (broad SMARTS) is 1. The van der Waals surface area contributed by atoms with E-state index in [1.54, 1.807) is 35.3 Å². The van der Waals surface area contributed by atoms with E-state index in [2.05, 4.69) is 62.3 Å². The maximum absolute atomic E-state index is 12.3. The van der Waals surface area contributed by atoms with E-state index >= 15 is 0 Å². The minimum Gasteiger partial charge on any atom is -0.475 e. The van der Waals surface area contributed by atoms with Crippen LogP contribution in [0.15, 0.2) is 85.2 Å². The van der Waals surface area contributed by atoms with Crippen LogP contribution >= 0.6 is 11.6 Å². The third kappa shape index (κ3) is 9.38. The predicted octanol–water partition coefficient (Wildman–Crippen LogP) is 6.25. The van der Waals surface area contributed by atoms with Crippen molar-refractivity contribution in [1.29, 1.82) is 0 Å². The number of rotatable bonds is 7. The Morgan fingerprint density at radius 2 is 1.63 bits per heavy atom. The molecule has 3 aromatic carbocycles. The number of carbonyl (C=O) groups excluding carboxylic acids is 1. The van der Waals surface area contributed by atoms with Crippen molar-refractivity contribution in [2.24, 2.45) is 0 Å². The number of alkyl halides is 3. The van der Waals surface area contributed by atoms with Crippen LogP contribution < -0.4 is 20.9 Å². The van der Waals surface area contributed by atoms with Crippen LogP contribution in [0.3, 0.4) is 0 Å². The lowest BCUT2D eigenvalue weighted by molar-refractivity contribution is -0.192. The Morgan fingerprint density at radius 1 is 0.930 bits per heavy atom. The predicted molar refractivity (Wildman–Crippen MR) is 158 cm³/mol. The van der Waals surface area contributed by atoms with Crippen LogP contribution in [0.2, 0.25) is 5.02 Å². The summed E-state index contributed by atoms with van der Waals surface area (Å²) in [4.78, 5) is 23.6. The molecular weight excluding hydrogens is 589 g/mol. The van der Waals surface area contributed by atoms with Gasteiger partial charge in [-0.2, -0.15) is 18.3 Å². The Labute approximate surface area is 250 Å². The summed E-state index contributed by atoms with van der Waals surface area (Å²) >= 11 is 6.10. The third-order valence-electron chi connectivity index (χ3n) is 6.12. The number of anilines is 4. The van der Waals surface area contributed by atoms with Crippen molar-refractivity contribution >= 4 is 46.4 Å². The van der Waals surface area contributed by atoms with E-state index < -0.39 is 12.1 Å². The van der Waals surface area contributed by atoms with Gasteiger partial charge in [-0.15, -0.1) is 0 Å². The molecule has 2 heterocycles. The van der Waals surface area contributed by atoms with E-state index in [0.29, 0.717) is 22.9 Å². The number of morpholine rings is 1. The Kier molecular flexibility index (Phi) is 10.5. The van der Waals surface area contributed by atoms with Gasteiger partial charge >= 0.3 is 18.2 Å². The topological polar surface area (TPSA) is 121 Å². The van der Waals surface area contributed by atoms with E-state index in [9.17, 15) is 18.0 Å². The minimum atomic E-state index is -5.08. The summed E-state index contributed by atoms with van der Waals surface area (Å²) in [5.74, 6) is -2.76. The maximum Gasteiger partial charge on any atom is 0.490 e. The molecule has 0 spiro atoms. The highest BCUT2D eigenvalue weighted by Gasteiger charge is 2.38. The Hall–Kier alpha value is -4.75. The summed E-state index contributed by atoms with van der Waals surface area (Å²) < 4.78 is 38.9. The maximum atomic E-state index is 12.3.